The Morgan fingerprint density at radius 1 is 0.786 bits per heavy atom. The first-order valence-corrected chi connectivity index (χ1v) is 15.3. The average Bonchev–Trinajstić information content (AvgIpc) is 3.71. The number of carbonyl (C=O) groups excluding carboxylic acids is 2. The van der Waals surface area contributed by atoms with Crippen LogP contribution in [0.4, 0.5) is 0 Å². The number of carbonyl (C=O) groups is 2. The van der Waals surface area contributed by atoms with E-state index in [4.69, 9.17) is 56.2 Å². The first-order valence-electron chi connectivity index (χ1n) is 12.8. The first kappa shape index (κ1) is 31.2. The minimum absolute atomic E-state index is 0.0997. The Morgan fingerprint density at radius 3 is 1.95 bits per heavy atom. The highest BCUT2D eigenvalue weighted by Crippen LogP contribution is 2.56. The molecular formula is C27H34O14Si. The molecule has 2 aliphatic rings. The third-order valence-electron chi connectivity index (χ3n) is 6.60. The van der Waals surface area contributed by atoms with Gasteiger partial charge in [0.2, 0.25) is 25.1 Å². The van der Waals surface area contributed by atoms with Gasteiger partial charge in [-0.1, -0.05) is 0 Å². The SMILES string of the molecule is COC(=O)c1cc(OC)c2c(c1-c1c(COC(=O)COCCOC[Si](C)(OC)OC)cc(OC)c3c1OCO3)OCO2. The van der Waals surface area contributed by atoms with Gasteiger partial charge in [0.1, 0.15) is 13.2 Å². The van der Waals surface area contributed by atoms with Crippen molar-refractivity contribution in [2.45, 2.75) is 13.2 Å². The monoisotopic (exact) mass is 610 g/mol. The molecule has 0 spiro atoms. The van der Waals surface area contributed by atoms with Crippen molar-refractivity contribution in [1.82, 2.24) is 0 Å². The van der Waals surface area contributed by atoms with E-state index >= 15 is 0 Å². The van der Waals surface area contributed by atoms with Crippen molar-refractivity contribution >= 4 is 20.5 Å². The number of methoxy groups -OCH3 is 3. The van der Waals surface area contributed by atoms with E-state index in [0.29, 0.717) is 40.2 Å². The van der Waals surface area contributed by atoms with Gasteiger partial charge in [0.15, 0.2) is 23.0 Å². The number of ether oxygens (including phenoxy) is 10. The normalized spacial score (nSPS) is 13.2. The molecule has 2 aromatic carbocycles. The van der Waals surface area contributed by atoms with Crippen LogP contribution in [-0.2, 0) is 39.2 Å². The summed E-state index contributed by atoms with van der Waals surface area (Å²) in [5.41, 5.74) is 1.21. The van der Waals surface area contributed by atoms with Crippen LogP contribution in [0.15, 0.2) is 12.1 Å². The Balaban J connectivity index is 1.58. The molecule has 0 saturated heterocycles. The summed E-state index contributed by atoms with van der Waals surface area (Å²) in [6.07, 6.45) is 0.319. The summed E-state index contributed by atoms with van der Waals surface area (Å²) in [6, 6.07) is 3.11. The summed E-state index contributed by atoms with van der Waals surface area (Å²) < 4.78 is 66.1. The number of fused-ring (bicyclic) bond motifs is 2. The zero-order chi connectivity index (χ0) is 30.3. The predicted molar refractivity (Wildman–Crippen MR) is 146 cm³/mol. The maximum Gasteiger partial charge on any atom is 0.361 e. The van der Waals surface area contributed by atoms with Crippen molar-refractivity contribution in [3.8, 4) is 45.6 Å². The molecule has 0 aromatic heterocycles. The zero-order valence-corrected chi connectivity index (χ0v) is 25.3. The third-order valence-corrected chi connectivity index (χ3v) is 9.06. The van der Waals surface area contributed by atoms with Crippen LogP contribution in [0.3, 0.4) is 0 Å². The molecule has 2 heterocycles. The molecule has 0 unspecified atom stereocenters. The van der Waals surface area contributed by atoms with E-state index in [-0.39, 0.29) is 62.8 Å². The summed E-state index contributed by atoms with van der Waals surface area (Å²) in [5.74, 6) is 0.433. The number of esters is 2. The summed E-state index contributed by atoms with van der Waals surface area (Å²) >= 11 is 0. The van der Waals surface area contributed by atoms with E-state index < -0.39 is 20.5 Å². The molecule has 14 nitrogen and oxygen atoms in total. The van der Waals surface area contributed by atoms with Crippen molar-refractivity contribution in [3.63, 3.8) is 0 Å². The Kier molecular flexibility index (Phi) is 10.3. The van der Waals surface area contributed by atoms with Crippen molar-refractivity contribution in [2.75, 3.05) is 75.2 Å². The molecule has 230 valence electrons. The number of hydrogen-bond acceptors (Lipinski definition) is 14. The molecule has 4 rings (SSSR count). The lowest BCUT2D eigenvalue weighted by Gasteiger charge is -2.22. The summed E-state index contributed by atoms with van der Waals surface area (Å²) in [5, 5.41) is 0. The van der Waals surface area contributed by atoms with Crippen LogP contribution < -0.4 is 28.4 Å². The summed E-state index contributed by atoms with van der Waals surface area (Å²) in [4.78, 5) is 25.5. The highest BCUT2D eigenvalue weighted by atomic mass is 28.4. The maximum atomic E-state index is 13.0. The summed E-state index contributed by atoms with van der Waals surface area (Å²) in [7, 11) is 4.96. The molecule has 42 heavy (non-hydrogen) atoms. The van der Waals surface area contributed by atoms with Crippen LogP contribution in [-0.4, -0.2) is 95.7 Å². The molecule has 0 radical (unpaired) electrons. The molecule has 0 saturated carbocycles. The van der Waals surface area contributed by atoms with Crippen LogP contribution in [0.5, 0.6) is 34.5 Å². The zero-order valence-electron chi connectivity index (χ0n) is 24.3. The van der Waals surface area contributed by atoms with Gasteiger partial charge in [0, 0.05) is 30.9 Å². The fourth-order valence-electron chi connectivity index (χ4n) is 4.27. The highest BCUT2D eigenvalue weighted by molar-refractivity contribution is 6.65. The van der Waals surface area contributed by atoms with Crippen LogP contribution in [0.25, 0.3) is 11.1 Å². The Labute approximate surface area is 243 Å². The molecule has 0 amide bonds. The van der Waals surface area contributed by atoms with E-state index in [1.165, 1.54) is 27.4 Å². The minimum Gasteiger partial charge on any atom is -0.493 e. The average molecular weight is 611 g/mol. The smallest absolute Gasteiger partial charge is 0.361 e. The molecule has 15 heteroatoms. The van der Waals surface area contributed by atoms with Crippen molar-refractivity contribution in [1.29, 1.82) is 0 Å². The van der Waals surface area contributed by atoms with E-state index in [1.54, 1.807) is 20.3 Å². The largest absolute Gasteiger partial charge is 0.493 e. The highest BCUT2D eigenvalue weighted by Gasteiger charge is 2.36. The Hall–Kier alpha value is -3.76. The predicted octanol–water partition coefficient (Wildman–Crippen LogP) is 2.60. The van der Waals surface area contributed by atoms with E-state index in [9.17, 15) is 9.59 Å². The van der Waals surface area contributed by atoms with Gasteiger partial charge in [0.05, 0.1) is 46.3 Å². The Morgan fingerprint density at radius 2 is 1.36 bits per heavy atom. The standard InChI is InChI=1S/C27H34O14Si/c1-30-18-9-16(11-37-20(28)12-35-7-8-36-15-42(6,33-4)34-5)21(25-23(18)38-13-40-25)22-17(27(29)32-3)10-19(31-2)24-26(22)41-14-39-24/h9-10H,7-8,11-15H2,1-6H3. The van der Waals surface area contributed by atoms with Gasteiger partial charge in [-0.3, -0.25) is 0 Å². The molecule has 0 bridgehead atoms. The van der Waals surface area contributed by atoms with Gasteiger partial charge in [-0.05, 0) is 18.7 Å². The summed E-state index contributed by atoms with van der Waals surface area (Å²) in [6.45, 7) is 1.53. The van der Waals surface area contributed by atoms with Gasteiger partial charge in [0.25, 0.3) is 0 Å². The van der Waals surface area contributed by atoms with Crippen LogP contribution in [0.1, 0.15) is 15.9 Å². The van der Waals surface area contributed by atoms with Crippen LogP contribution in [0, 0.1) is 0 Å². The molecular weight excluding hydrogens is 576 g/mol. The molecule has 0 N–H and O–H groups in total. The second-order valence-corrected chi connectivity index (χ2v) is 12.4. The van der Waals surface area contributed by atoms with Gasteiger partial charge >= 0.3 is 20.5 Å². The Bertz CT molecular complexity index is 1290. The fraction of sp³-hybridized carbons (Fsp3) is 0.481. The molecule has 0 aliphatic carbocycles. The third kappa shape index (κ3) is 6.49. The van der Waals surface area contributed by atoms with Gasteiger partial charge in [-0.15, -0.1) is 0 Å². The second kappa shape index (κ2) is 13.9. The topological polar surface area (TPSA) is 145 Å². The lowest BCUT2D eigenvalue weighted by molar-refractivity contribution is -0.150. The minimum atomic E-state index is -2.36. The molecule has 0 atom stereocenters. The van der Waals surface area contributed by atoms with E-state index in [1.807, 2.05) is 6.55 Å². The quantitative estimate of drug-likeness (QED) is 0.165. The lowest BCUT2D eigenvalue weighted by Crippen LogP contribution is -2.42. The van der Waals surface area contributed by atoms with Gasteiger partial charge in [-0.25, -0.2) is 9.59 Å². The molecule has 2 aromatic rings. The van der Waals surface area contributed by atoms with E-state index in [0.717, 1.165) is 0 Å². The van der Waals surface area contributed by atoms with E-state index in [2.05, 4.69) is 0 Å². The molecule has 2 aliphatic heterocycles. The van der Waals surface area contributed by atoms with Crippen molar-refractivity contribution in [3.05, 3.63) is 23.3 Å². The maximum absolute atomic E-state index is 13.0. The van der Waals surface area contributed by atoms with Crippen molar-refractivity contribution < 1.29 is 65.8 Å². The van der Waals surface area contributed by atoms with Crippen LogP contribution >= 0.6 is 0 Å². The number of rotatable bonds is 15. The second-order valence-electron chi connectivity index (χ2n) is 9.04. The van der Waals surface area contributed by atoms with Crippen LogP contribution in [0.2, 0.25) is 6.55 Å². The van der Waals surface area contributed by atoms with Gasteiger partial charge < -0.3 is 56.2 Å². The lowest BCUT2D eigenvalue weighted by atomic mass is 9.92. The molecule has 0 fully saturated rings. The van der Waals surface area contributed by atoms with Crippen molar-refractivity contribution in [2.24, 2.45) is 0 Å². The fourth-order valence-corrected chi connectivity index (χ4v) is 5.19. The first-order chi connectivity index (χ1) is 20.3. The van der Waals surface area contributed by atoms with Gasteiger partial charge in [-0.2, -0.15) is 0 Å². The number of hydrogen-bond donors (Lipinski definition) is 0. The number of benzene rings is 2.